The molecule has 21 heavy (non-hydrogen) atoms. The maximum atomic E-state index is 8.69. The van der Waals surface area contributed by atoms with Crippen LogP contribution in [0.25, 0.3) is 0 Å². The Kier molecular flexibility index (Phi) is 21.4. The van der Waals surface area contributed by atoms with Gasteiger partial charge in [-0.05, 0) is 17.3 Å². The predicted octanol–water partition coefficient (Wildman–Crippen LogP) is 7.05. The molecule has 0 spiro atoms. The van der Waals surface area contributed by atoms with Crippen molar-refractivity contribution in [2.24, 2.45) is 0 Å². The van der Waals surface area contributed by atoms with Crippen molar-refractivity contribution >= 4 is 22.6 Å². The van der Waals surface area contributed by atoms with Gasteiger partial charge in [-0.1, -0.05) is 119 Å². The molecule has 0 heterocycles. The van der Waals surface area contributed by atoms with Gasteiger partial charge in [-0.25, -0.2) is 0 Å². The first-order chi connectivity index (χ1) is 10.4. The van der Waals surface area contributed by atoms with E-state index < -0.39 is 0 Å². The first-order valence-electron chi connectivity index (χ1n) is 9.58. The summed E-state index contributed by atoms with van der Waals surface area (Å²) < 4.78 is 1.33. The lowest BCUT2D eigenvalue weighted by molar-refractivity contribution is 0.282. The zero-order valence-electron chi connectivity index (χ0n) is 14.3. The molecule has 0 rings (SSSR count). The van der Waals surface area contributed by atoms with Gasteiger partial charge < -0.3 is 5.11 Å². The van der Waals surface area contributed by atoms with Gasteiger partial charge in [0.05, 0.1) is 0 Å². The van der Waals surface area contributed by atoms with Gasteiger partial charge >= 0.3 is 0 Å². The number of hydrogen-bond acceptors (Lipinski definition) is 1. The summed E-state index contributed by atoms with van der Waals surface area (Å²) in [5, 5.41) is 8.69. The van der Waals surface area contributed by atoms with Crippen molar-refractivity contribution in [2.75, 3.05) is 11.0 Å². The van der Waals surface area contributed by atoms with Crippen LogP contribution < -0.4 is 0 Å². The summed E-state index contributed by atoms with van der Waals surface area (Å²) in [6.45, 7) is 0.373. The van der Waals surface area contributed by atoms with Crippen LogP contribution in [0.5, 0.6) is 0 Å². The fourth-order valence-electron chi connectivity index (χ4n) is 2.86. The average Bonchev–Trinajstić information content (AvgIpc) is 2.50. The first-order valence-corrected chi connectivity index (χ1v) is 11.1. The SMILES string of the molecule is OCCCCCCCCCCCCCCCCCCCI. The number of halogens is 1. The predicted molar refractivity (Wildman–Crippen MR) is 104 cm³/mol. The highest BCUT2D eigenvalue weighted by Crippen LogP contribution is 2.14. The van der Waals surface area contributed by atoms with Crippen LogP contribution in [0.4, 0.5) is 0 Å². The van der Waals surface area contributed by atoms with E-state index >= 15 is 0 Å². The largest absolute Gasteiger partial charge is 0.396 e. The van der Waals surface area contributed by atoms with Crippen molar-refractivity contribution in [3.8, 4) is 0 Å². The number of alkyl halides is 1. The van der Waals surface area contributed by atoms with E-state index in [-0.39, 0.29) is 0 Å². The summed E-state index contributed by atoms with van der Waals surface area (Å²) in [6, 6.07) is 0. The van der Waals surface area contributed by atoms with E-state index in [9.17, 15) is 0 Å². The molecule has 0 unspecified atom stereocenters. The Labute approximate surface area is 147 Å². The molecule has 0 aliphatic carbocycles. The fraction of sp³-hybridized carbons (Fsp3) is 1.00. The lowest BCUT2D eigenvalue weighted by atomic mass is 10.0. The summed E-state index contributed by atoms with van der Waals surface area (Å²) in [5.41, 5.74) is 0. The minimum Gasteiger partial charge on any atom is -0.396 e. The topological polar surface area (TPSA) is 20.2 Å². The van der Waals surface area contributed by atoms with E-state index in [0.717, 1.165) is 6.42 Å². The molecule has 0 bridgehead atoms. The van der Waals surface area contributed by atoms with E-state index in [0.29, 0.717) is 6.61 Å². The van der Waals surface area contributed by atoms with Crippen molar-refractivity contribution in [1.82, 2.24) is 0 Å². The third-order valence-electron chi connectivity index (χ3n) is 4.29. The summed E-state index contributed by atoms with van der Waals surface area (Å²) in [6.07, 6.45) is 23.7. The first kappa shape index (κ1) is 21.7. The van der Waals surface area contributed by atoms with Crippen LogP contribution in [0.2, 0.25) is 0 Å². The number of aliphatic hydroxyl groups is 1. The highest BCUT2D eigenvalue weighted by atomic mass is 127. The maximum Gasteiger partial charge on any atom is 0.0431 e. The molecular weight excluding hydrogens is 371 g/mol. The highest BCUT2D eigenvalue weighted by molar-refractivity contribution is 14.1. The van der Waals surface area contributed by atoms with Gasteiger partial charge in [-0.2, -0.15) is 0 Å². The monoisotopic (exact) mass is 410 g/mol. The van der Waals surface area contributed by atoms with Crippen LogP contribution in [-0.4, -0.2) is 16.1 Å². The van der Waals surface area contributed by atoms with Crippen molar-refractivity contribution in [3.05, 3.63) is 0 Å². The molecule has 0 radical (unpaired) electrons. The third kappa shape index (κ3) is 20.7. The highest BCUT2D eigenvalue weighted by Gasteiger charge is 1.94. The van der Waals surface area contributed by atoms with E-state index in [1.807, 2.05) is 0 Å². The van der Waals surface area contributed by atoms with Gasteiger partial charge in [0.2, 0.25) is 0 Å². The van der Waals surface area contributed by atoms with Gasteiger partial charge in [0.15, 0.2) is 0 Å². The zero-order chi connectivity index (χ0) is 15.4. The second-order valence-electron chi connectivity index (χ2n) is 6.42. The number of hydrogen-bond donors (Lipinski definition) is 1. The molecule has 0 aliphatic rings. The fourth-order valence-corrected chi connectivity index (χ4v) is 3.40. The Bertz CT molecular complexity index is 155. The van der Waals surface area contributed by atoms with Gasteiger partial charge in [0.1, 0.15) is 0 Å². The molecule has 0 saturated heterocycles. The molecule has 0 aromatic rings. The maximum absolute atomic E-state index is 8.69. The summed E-state index contributed by atoms with van der Waals surface area (Å²) >= 11 is 2.48. The lowest BCUT2D eigenvalue weighted by Crippen LogP contribution is -1.85. The molecule has 0 saturated carbocycles. The second-order valence-corrected chi connectivity index (χ2v) is 7.50. The zero-order valence-corrected chi connectivity index (χ0v) is 16.4. The number of rotatable bonds is 18. The van der Waals surface area contributed by atoms with E-state index in [2.05, 4.69) is 22.6 Å². The third-order valence-corrected chi connectivity index (χ3v) is 5.05. The Morgan fingerprint density at radius 2 is 0.619 bits per heavy atom. The molecule has 128 valence electrons. The van der Waals surface area contributed by atoms with Gasteiger partial charge in [0, 0.05) is 6.61 Å². The van der Waals surface area contributed by atoms with Crippen LogP contribution in [0, 0.1) is 0 Å². The molecule has 2 heteroatoms. The molecule has 1 N–H and O–H groups in total. The molecule has 0 aliphatic heterocycles. The number of aliphatic hydroxyl groups excluding tert-OH is 1. The van der Waals surface area contributed by atoms with Crippen LogP contribution in [0.3, 0.4) is 0 Å². The average molecular weight is 410 g/mol. The molecular formula is C19H39IO. The van der Waals surface area contributed by atoms with Gasteiger partial charge in [0.25, 0.3) is 0 Å². The van der Waals surface area contributed by atoms with Gasteiger partial charge in [-0.15, -0.1) is 0 Å². The van der Waals surface area contributed by atoms with E-state index in [1.54, 1.807) is 0 Å². The van der Waals surface area contributed by atoms with Crippen LogP contribution in [0.1, 0.15) is 109 Å². The Hall–Kier alpha value is 0.690. The van der Waals surface area contributed by atoms with Crippen LogP contribution in [0.15, 0.2) is 0 Å². The Morgan fingerprint density at radius 1 is 0.381 bits per heavy atom. The van der Waals surface area contributed by atoms with Crippen molar-refractivity contribution in [2.45, 2.75) is 109 Å². The van der Waals surface area contributed by atoms with E-state index in [1.165, 1.54) is 107 Å². The molecule has 1 nitrogen and oxygen atoms in total. The van der Waals surface area contributed by atoms with Crippen molar-refractivity contribution < 1.29 is 5.11 Å². The van der Waals surface area contributed by atoms with Gasteiger partial charge in [-0.3, -0.25) is 0 Å². The van der Waals surface area contributed by atoms with Crippen molar-refractivity contribution in [1.29, 1.82) is 0 Å². The van der Waals surface area contributed by atoms with E-state index in [4.69, 9.17) is 5.11 Å². The summed E-state index contributed by atoms with van der Waals surface area (Å²) in [5.74, 6) is 0. The standard InChI is InChI=1S/C19H39IO/c20-18-16-14-12-10-8-6-4-2-1-3-5-7-9-11-13-15-17-19-21/h21H,1-19H2. The molecule has 0 fully saturated rings. The van der Waals surface area contributed by atoms with Crippen molar-refractivity contribution in [3.63, 3.8) is 0 Å². The minimum atomic E-state index is 0.373. The Morgan fingerprint density at radius 3 is 0.857 bits per heavy atom. The molecule has 0 amide bonds. The molecule has 0 atom stereocenters. The summed E-state index contributed by atoms with van der Waals surface area (Å²) in [7, 11) is 0. The quantitative estimate of drug-likeness (QED) is 0.146. The molecule has 0 aromatic heterocycles. The van der Waals surface area contributed by atoms with Crippen LogP contribution in [-0.2, 0) is 0 Å². The van der Waals surface area contributed by atoms with Crippen LogP contribution >= 0.6 is 22.6 Å². The number of unbranched alkanes of at least 4 members (excludes halogenated alkanes) is 16. The minimum absolute atomic E-state index is 0.373. The normalized spacial score (nSPS) is 11.1. The molecule has 0 aromatic carbocycles. The Balaban J connectivity index is 2.90. The summed E-state index contributed by atoms with van der Waals surface area (Å²) in [4.78, 5) is 0. The second kappa shape index (κ2) is 20.7. The lowest BCUT2D eigenvalue weighted by Gasteiger charge is -2.03. The smallest absolute Gasteiger partial charge is 0.0431 e.